The number of benzene rings is 1. The number of rotatable bonds is 7. The molecule has 0 radical (unpaired) electrons. The summed E-state index contributed by atoms with van der Waals surface area (Å²) in [6.07, 6.45) is 3.03. The lowest BCUT2D eigenvalue weighted by molar-refractivity contribution is 0.0805. The van der Waals surface area contributed by atoms with Crippen molar-refractivity contribution in [2.75, 3.05) is 13.7 Å². The van der Waals surface area contributed by atoms with Crippen LogP contribution in [0.4, 0.5) is 0 Å². The fraction of sp³-hybridized carbons (Fsp3) is 0.389. The van der Waals surface area contributed by atoms with E-state index in [-0.39, 0.29) is 5.91 Å². The van der Waals surface area contributed by atoms with Crippen LogP contribution in [0.1, 0.15) is 10.5 Å². The summed E-state index contributed by atoms with van der Waals surface area (Å²) in [6, 6.07) is 6.83. The van der Waals surface area contributed by atoms with Crippen LogP contribution in [0.15, 0.2) is 35.2 Å². The third-order valence-corrected chi connectivity index (χ3v) is 5.82. The SMILES string of the molecule is CNC(=O)c1nn(COCC[Si](C)(C)C)c2ccc(-c3cnco3)cc12. The highest BCUT2D eigenvalue weighted by Gasteiger charge is 2.18. The van der Waals surface area contributed by atoms with Gasteiger partial charge >= 0.3 is 0 Å². The van der Waals surface area contributed by atoms with E-state index in [0.29, 0.717) is 24.8 Å². The van der Waals surface area contributed by atoms with Crippen molar-refractivity contribution in [3.63, 3.8) is 0 Å². The first kappa shape index (κ1) is 18.3. The first-order chi connectivity index (χ1) is 12.4. The predicted octanol–water partition coefficient (Wildman–Crippen LogP) is 3.36. The van der Waals surface area contributed by atoms with Gasteiger partial charge in [0.15, 0.2) is 17.8 Å². The maximum Gasteiger partial charge on any atom is 0.272 e. The van der Waals surface area contributed by atoms with Crippen molar-refractivity contribution in [1.82, 2.24) is 20.1 Å². The van der Waals surface area contributed by atoms with E-state index in [1.807, 2.05) is 18.2 Å². The lowest BCUT2D eigenvalue weighted by atomic mass is 10.1. The quantitative estimate of drug-likeness (QED) is 0.508. The number of hydrogen-bond acceptors (Lipinski definition) is 5. The molecule has 1 aromatic carbocycles. The van der Waals surface area contributed by atoms with Crippen LogP contribution in [0.3, 0.4) is 0 Å². The standard InChI is InChI=1S/C18H24N4O3Si/c1-19-18(23)17-14-9-13(16-10-20-11-25-16)5-6-15(14)22(21-17)12-24-7-8-26(2,3)4/h5-6,9-11H,7-8,12H2,1-4H3,(H,19,23). The van der Waals surface area contributed by atoms with Crippen LogP contribution in [-0.2, 0) is 11.5 Å². The van der Waals surface area contributed by atoms with Crippen LogP contribution in [0, 0.1) is 0 Å². The Hall–Kier alpha value is -2.45. The molecule has 1 N–H and O–H groups in total. The molecule has 2 aromatic heterocycles. The Morgan fingerprint density at radius 2 is 2.15 bits per heavy atom. The summed E-state index contributed by atoms with van der Waals surface area (Å²) in [7, 11) is 0.454. The Balaban J connectivity index is 1.90. The molecule has 0 aliphatic carbocycles. The van der Waals surface area contributed by atoms with Gasteiger partial charge in [0.2, 0.25) is 0 Å². The van der Waals surface area contributed by atoms with Gasteiger partial charge in [-0.3, -0.25) is 4.79 Å². The minimum atomic E-state index is -1.14. The van der Waals surface area contributed by atoms with Crippen LogP contribution in [0.2, 0.25) is 25.7 Å². The summed E-state index contributed by atoms with van der Waals surface area (Å²) in [5.74, 6) is 0.416. The minimum absolute atomic E-state index is 0.231. The number of carbonyl (C=O) groups excluding carboxylic acids is 1. The summed E-state index contributed by atoms with van der Waals surface area (Å²) in [4.78, 5) is 16.2. The molecule has 0 fully saturated rings. The van der Waals surface area contributed by atoms with Crippen molar-refractivity contribution in [2.45, 2.75) is 32.4 Å². The van der Waals surface area contributed by atoms with E-state index < -0.39 is 8.07 Å². The average molecular weight is 373 g/mol. The lowest BCUT2D eigenvalue weighted by Crippen LogP contribution is -2.22. The molecular formula is C18H24N4O3Si. The molecule has 0 atom stereocenters. The number of nitrogens with one attached hydrogen (secondary N) is 1. The molecule has 3 rings (SSSR count). The molecule has 0 bridgehead atoms. The molecule has 0 spiro atoms. The third kappa shape index (κ3) is 4.02. The highest BCUT2D eigenvalue weighted by atomic mass is 28.3. The number of amides is 1. The lowest BCUT2D eigenvalue weighted by Gasteiger charge is -2.15. The number of fused-ring (bicyclic) bond motifs is 1. The van der Waals surface area contributed by atoms with Gasteiger partial charge in [-0.1, -0.05) is 19.6 Å². The zero-order valence-electron chi connectivity index (χ0n) is 15.6. The van der Waals surface area contributed by atoms with Crippen molar-refractivity contribution < 1.29 is 13.9 Å². The summed E-state index contributed by atoms with van der Waals surface area (Å²) in [6.45, 7) is 7.96. The molecule has 138 valence electrons. The molecular weight excluding hydrogens is 348 g/mol. The van der Waals surface area contributed by atoms with Gasteiger partial charge in [0.1, 0.15) is 6.73 Å². The second-order valence-corrected chi connectivity index (χ2v) is 13.0. The molecule has 26 heavy (non-hydrogen) atoms. The fourth-order valence-electron chi connectivity index (χ4n) is 2.60. The summed E-state index contributed by atoms with van der Waals surface area (Å²) < 4.78 is 12.9. The normalized spacial score (nSPS) is 11.8. The van der Waals surface area contributed by atoms with E-state index >= 15 is 0 Å². The predicted molar refractivity (Wildman–Crippen MR) is 103 cm³/mol. The van der Waals surface area contributed by atoms with Crippen molar-refractivity contribution in [3.8, 4) is 11.3 Å². The molecule has 1 amide bonds. The number of nitrogens with zero attached hydrogens (tertiary/aromatic N) is 3. The molecule has 0 unspecified atom stereocenters. The van der Waals surface area contributed by atoms with Crippen molar-refractivity contribution in [1.29, 1.82) is 0 Å². The second kappa shape index (κ2) is 7.43. The number of oxazole rings is 1. The zero-order chi connectivity index (χ0) is 18.7. The van der Waals surface area contributed by atoms with Gasteiger partial charge in [-0.05, 0) is 24.2 Å². The van der Waals surface area contributed by atoms with E-state index in [9.17, 15) is 4.79 Å². The number of aromatic nitrogens is 3. The summed E-state index contributed by atoms with van der Waals surface area (Å²) >= 11 is 0. The molecule has 7 nitrogen and oxygen atoms in total. The van der Waals surface area contributed by atoms with Gasteiger partial charge in [-0.25, -0.2) is 9.67 Å². The first-order valence-corrected chi connectivity index (χ1v) is 12.3. The van der Waals surface area contributed by atoms with E-state index in [4.69, 9.17) is 9.15 Å². The molecule has 2 heterocycles. The Labute approximate surface area is 153 Å². The van der Waals surface area contributed by atoms with E-state index in [1.165, 1.54) is 6.39 Å². The van der Waals surface area contributed by atoms with Gasteiger partial charge in [-0.2, -0.15) is 5.10 Å². The average Bonchev–Trinajstić information content (AvgIpc) is 3.25. The first-order valence-electron chi connectivity index (χ1n) is 8.58. The van der Waals surface area contributed by atoms with Gasteiger partial charge in [0, 0.05) is 32.7 Å². The molecule has 3 aromatic rings. The van der Waals surface area contributed by atoms with Crippen LogP contribution >= 0.6 is 0 Å². The topological polar surface area (TPSA) is 82.2 Å². The van der Waals surface area contributed by atoms with Gasteiger partial charge in [0.05, 0.1) is 11.7 Å². The Kier molecular flexibility index (Phi) is 5.24. The maximum atomic E-state index is 12.2. The van der Waals surface area contributed by atoms with E-state index in [1.54, 1.807) is 17.9 Å². The van der Waals surface area contributed by atoms with E-state index in [2.05, 4.69) is 35.0 Å². The molecule has 8 heteroatoms. The molecule has 0 saturated heterocycles. The largest absolute Gasteiger partial charge is 0.444 e. The second-order valence-electron chi connectivity index (χ2n) is 7.37. The van der Waals surface area contributed by atoms with Gasteiger partial charge in [-0.15, -0.1) is 0 Å². The highest BCUT2D eigenvalue weighted by molar-refractivity contribution is 6.76. The molecule has 0 aliphatic rings. The number of hydrogen-bond donors (Lipinski definition) is 1. The molecule has 0 saturated carbocycles. The van der Waals surface area contributed by atoms with Crippen molar-refractivity contribution in [3.05, 3.63) is 36.5 Å². The Morgan fingerprint density at radius 3 is 2.81 bits per heavy atom. The number of carbonyl (C=O) groups is 1. The van der Waals surface area contributed by atoms with E-state index in [0.717, 1.165) is 22.5 Å². The maximum absolute atomic E-state index is 12.2. The highest BCUT2D eigenvalue weighted by Crippen LogP contribution is 2.26. The Bertz CT molecular complexity index is 897. The van der Waals surface area contributed by atoms with Gasteiger partial charge < -0.3 is 14.5 Å². The van der Waals surface area contributed by atoms with Crippen LogP contribution in [-0.4, -0.2) is 42.4 Å². The summed E-state index contributed by atoms with van der Waals surface area (Å²) in [5, 5.41) is 7.86. The third-order valence-electron chi connectivity index (χ3n) is 4.12. The Morgan fingerprint density at radius 1 is 1.35 bits per heavy atom. The fourth-order valence-corrected chi connectivity index (χ4v) is 3.36. The van der Waals surface area contributed by atoms with Crippen molar-refractivity contribution in [2.24, 2.45) is 0 Å². The zero-order valence-corrected chi connectivity index (χ0v) is 16.6. The monoisotopic (exact) mass is 372 g/mol. The van der Waals surface area contributed by atoms with Crippen LogP contribution < -0.4 is 5.32 Å². The smallest absolute Gasteiger partial charge is 0.272 e. The number of ether oxygens (including phenoxy) is 1. The summed E-state index contributed by atoms with van der Waals surface area (Å²) in [5.41, 5.74) is 2.07. The minimum Gasteiger partial charge on any atom is -0.444 e. The van der Waals surface area contributed by atoms with Crippen molar-refractivity contribution >= 4 is 24.9 Å². The van der Waals surface area contributed by atoms with Crippen LogP contribution in [0.25, 0.3) is 22.2 Å². The van der Waals surface area contributed by atoms with Crippen LogP contribution in [0.5, 0.6) is 0 Å². The molecule has 0 aliphatic heterocycles. The van der Waals surface area contributed by atoms with Gasteiger partial charge in [0.25, 0.3) is 5.91 Å².